The number of carbonyl (C=O) groups excluding carboxylic acids is 2. The number of nitrogens with zero attached hydrogens (tertiary/aromatic N) is 1. The molecule has 0 saturated carbocycles. The van der Waals surface area contributed by atoms with Gasteiger partial charge in [-0.1, -0.05) is 41.4 Å². The van der Waals surface area contributed by atoms with Crippen molar-refractivity contribution >= 4 is 45.6 Å². The van der Waals surface area contributed by atoms with Gasteiger partial charge in [-0.15, -0.1) is 0 Å². The normalized spacial score (nSPS) is 12.1. The molecule has 0 aliphatic rings. The molecule has 6 nitrogen and oxygen atoms in total. The summed E-state index contributed by atoms with van der Waals surface area (Å²) in [7, 11) is 1.56. The molecule has 2 aromatic carbocycles. The Morgan fingerprint density at radius 1 is 1.18 bits per heavy atom. The van der Waals surface area contributed by atoms with Crippen LogP contribution in [-0.2, 0) is 4.79 Å². The summed E-state index contributed by atoms with van der Waals surface area (Å²) in [6, 6.07) is 11.1. The molecule has 0 aliphatic carbocycles. The Morgan fingerprint density at radius 3 is 2.46 bits per heavy atom. The highest BCUT2D eigenvalue weighted by molar-refractivity contribution is 9.10. The van der Waals surface area contributed by atoms with Gasteiger partial charge in [0.1, 0.15) is 11.8 Å². The van der Waals surface area contributed by atoms with E-state index in [2.05, 4.69) is 31.8 Å². The van der Waals surface area contributed by atoms with Gasteiger partial charge in [0.25, 0.3) is 11.8 Å². The molecule has 0 aliphatic heterocycles. The molecule has 2 N–H and O–H groups in total. The first kappa shape index (κ1) is 21.9. The smallest absolute Gasteiger partial charge is 0.262 e. The number of rotatable bonds is 7. The molecule has 28 heavy (non-hydrogen) atoms. The van der Waals surface area contributed by atoms with Gasteiger partial charge in [-0.05, 0) is 48.4 Å². The fourth-order valence-electron chi connectivity index (χ4n) is 2.40. The average Bonchev–Trinajstić information content (AvgIpc) is 2.66. The van der Waals surface area contributed by atoms with E-state index in [4.69, 9.17) is 16.3 Å². The zero-order chi connectivity index (χ0) is 20.7. The lowest BCUT2D eigenvalue weighted by Crippen LogP contribution is -2.48. The van der Waals surface area contributed by atoms with Gasteiger partial charge in [0.05, 0.1) is 13.3 Å². The van der Waals surface area contributed by atoms with Crippen LogP contribution < -0.4 is 15.5 Å². The maximum absolute atomic E-state index is 12.5. The van der Waals surface area contributed by atoms with Crippen molar-refractivity contribution in [3.8, 4) is 5.75 Å². The van der Waals surface area contributed by atoms with Crippen LogP contribution in [0, 0.1) is 5.92 Å². The molecule has 0 aromatic heterocycles. The molecular weight excluding hydrogens is 446 g/mol. The predicted octanol–water partition coefficient (Wildman–Crippen LogP) is 4.02. The molecule has 0 bridgehead atoms. The lowest BCUT2D eigenvalue weighted by atomic mass is 10.0. The third-order valence-electron chi connectivity index (χ3n) is 3.91. The number of ether oxygens (including phenoxy) is 1. The summed E-state index contributed by atoms with van der Waals surface area (Å²) in [6.45, 7) is 3.68. The van der Waals surface area contributed by atoms with Crippen LogP contribution in [0.15, 0.2) is 52.0 Å². The van der Waals surface area contributed by atoms with Gasteiger partial charge in [0.15, 0.2) is 0 Å². The number of nitrogens with one attached hydrogen (secondary N) is 2. The van der Waals surface area contributed by atoms with Gasteiger partial charge >= 0.3 is 0 Å². The lowest BCUT2D eigenvalue weighted by Gasteiger charge is -2.20. The zero-order valence-electron chi connectivity index (χ0n) is 15.7. The monoisotopic (exact) mass is 465 g/mol. The standard InChI is InChI=1S/C20H21BrClN3O3/c1-12(2)18(24-19(26)13-4-7-16(22)8-5-13)20(27)25-23-11-14-10-15(21)6-9-17(14)28-3/h4-12,18H,1-3H3,(H,24,26)(H,25,27)/b23-11-. The maximum Gasteiger partial charge on any atom is 0.262 e. The number of hydrogen-bond donors (Lipinski definition) is 2. The fraction of sp³-hybridized carbons (Fsp3) is 0.250. The first-order valence-corrected chi connectivity index (χ1v) is 9.71. The SMILES string of the molecule is COc1ccc(Br)cc1/C=N\NC(=O)C(NC(=O)c1ccc(Cl)cc1)C(C)C. The summed E-state index contributed by atoms with van der Waals surface area (Å²) in [6.07, 6.45) is 1.49. The lowest BCUT2D eigenvalue weighted by molar-refractivity contribution is -0.123. The van der Waals surface area contributed by atoms with Crippen molar-refractivity contribution in [1.29, 1.82) is 0 Å². The van der Waals surface area contributed by atoms with Crippen LogP contribution in [0.3, 0.4) is 0 Å². The summed E-state index contributed by atoms with van der Waals surface area (Å²) in [4.78, 5) is 24.9. The van der Waals surface area contributed by atoms with E-state index in [-0.39, 0.29) is 11.8 Å². The summed E-state index contributed by atoms with van der Waals surface area (Å²) in [5, 5.41) is 7.26. The Labute approximate surface area is 177 Å². The molecule has 2 rings (SSSR count). The van der Waals surface area contributed by atoms with Crippen LogP contribution in [0.25, 0.3) is 0 Å². The van der Waals surface area contributed by atoms with Gasteiger partial charge in [-0.2, -0.15) is 5.10 Å². The van der Waals surface area contributed by atoms with E-state index in [0.717, 1.165) is 4.47 Å². The summed E-state index contributed by atoms with van der Waals surface area (Å²) in [5.74, 6) is -0.282. The molecule has 2 amide bonds. The van der Waals surface area contributed by atoms with Crippen LogP contribution in [0.5, 0.6) is 5.75 Å². The fourth-order valence-corrected chi connectivity index (χ4v) is 2.91. The molecule has 1 atom stereocenters. The van der Waals surface area contributed by atoms with E-state index < -0.39 is 11.9 Å². The van der Waals surface area contributed by atoms with Crippen LogP contribution >= 0.6 is 27.5 Å². The van der Waals surface area contributed by atoms with Crippen molar-refractivity contribution in [3.05, 3.63) is 63.1 Å². The van der Waals surface area contributed by atoms with Gasteiger partial charge in [-0.25, -0.2) is 5.43 Å². The number of amides is 2. The Hall–Kier alpha value is -2.38. The van der Waals surface area contributed by atoms with E-state index >= 15 is 0 Å². The molecule has 0 spiro atoms. The van der Waals surface area contributed by atoms with E-state index in [9.17, 15) is 9.59 Å². The van der Waals surface area contributed by atoms with Crippen LogP contribution in [-0.4, -0.2) is 31.2 Å². The topological polar surface area (TPSA) is 79.8 Å². The van der Waals surface area contributed by atoms with Gasteiger partial charge in [0.2, 0.25) is 0 Å². The number of methoxy groups -OCH3 is 1. The largest absolute Gasteiger partial charge is 0.496 e. The molecule has 8 heteroatoms. The molecule has 0 heterocycles. The van der Waals surface area contributed by atoms with E-state index in [1.165, 1.54) is 6.21 Å². The molecule has 1 unspecified atom stereocenters. The minimum atomic E-state index is -0.746. The maximum atomic E-state index is 12.5. The summed E-state index contributed by atoms with van der Waals surface area (Å²) in [5.41, 5.74) is 3.59. The number of carbonyl (C=O) groups is 2. The Morgan fingerprint density at radius 2 is 1.86 bits per heavy atom. The quantitative estimate of drug-likeness (QED) is 0.478. The van der Waals surface area contributed by atoms with Gasteiger partial charge < -0.3 is 10.1 Å². The van der Waals surface area contributed by atoms with Crippen LogP contribution in [0.2, 0.25) is 5.02 Å². The minimum absolute atomic E-state index is 0.133. The second-order valence-corrected chi connectivity index (χ2v) is 7.67. The molecule has 0 fully saturated rings. The van der Waals surface area contributed by atoms with Gasteiger partial charge in [0, 0.05) is 20.6 Å². The highest BCUT2D eigenvalue weighted by Gasteiger charge is 2.24. The predicted molar refractivity (Wildman–Crippen MR) is 114 cm³/mol. The summed E-state index contributed by atoms with van der Waals surface area (Å²) >= 11 is 9.22. The number of hydrogen-bond acceptors (Lipinski definition) is 4. The Kier molecular flexibility index (Phi) is 8.02. The first-order valence-electron chi connectivity index (χ1n) is 8.54. The highest BCUT2D eigenvalue weighted by Crippen LogP contribution is 2.21. The Bertz CT molecular complexity index is 869. The molecule has 0 saturated heterocycles. The average molecular weight is 467 g/mol. The second kappa shape index (κ2) is 10.2. The zero-order valence-corrected chi connectivity index (χ0v) is 18.0. The van der Waals surface area contributed by atoms with Crippen molar-refractivity contribution in [1.82, 2.24) is 10.7 Å². The first-order chi connectivity index (χ1) is 13.3. The van der Waals surface area contributed by atoms with Crippen molar-refractivity contribution in [2.24, 2.45) is 11.0 Å². The summed E-state index contributed by atoms with van der Waals surface area (Å²) < 4.78 is 6.12. The molecule has 2 aromatic rings. The molecular formula is C20H21BrClN3O3. The van der Waals surface area contributed by atoms with Crippen molar-refractivity contribution in [2.45, 2.75) is 19.9 Å². The number of halogens is 2. The minimum Gasteiger partial charge on any atom is -0.496 e. The van der Waals surface area contributed by atoms with Crippen LogP contribution in [0.4, 0.5) is 0 Å². The van der Waals surface area contributed by atoms with E-state index in [1.54, 1.807) is 37.4 Å². The Balaban J connectivity index is 2.06. The van der Waals surface area contributed by atoms with Crippen LogP contribution in [0.1, 0.15) is 29.8 Å². The number of hydrazone groups is 1. The number of benzene rings is 2. The highest BCUT2D eigenvalue weighted by atomic mass is 79.9. The van der Waals surface area contributed by atoms with Crippen molar-refractivity contribution < 1.29 is 14.3 Å². The molecule has 0 radical (unpaired) electrons. The third kappa shape index (κ3) is 6.07. The van der Waals surface area contributed by atoms with E-state index in [0.29, 0.717) is 21.9 Å². The molecule has 148 valence electrons. The third-order valence-corrected chi connectivity index (χ3v) is 4.66. The second-order valence-electron chi connectivity index (χ2n) is 6.32. The van der Waals surface area contributed by atoms with E-state index in [1.807, 2.05) is 26.0 Å². The van der Waals surface area contributed by atoms with Crippen molar-refractivity contribution in [3.63, 3.8) is 0 Å². The van der Waals surface area contributed by atoms with Crippen molar-refractivity contribution in [2.75, 3.05) is 7.11 Å². The van der Waals surface area contributed by atoms with Gasteiger partial charge in [-0.3, -0.25) is 9.59 Å².